The summed E-state index contributed by atoms with van der Waals surface area (Å²) in [7, 11) is 2.07. The summed E-state index contributed by atoms with van der Waals surface area (Å²) in [6, 6.07) is 10.5. The zero-order chi connectivity index (χ0) is 9.97. The summed E-state index contributed by atoms with van der Waals surface area (Å²) >= 11 is 0. The van der Waals surface area contributed by atoms with Crippen LogP contribution >= 0.6 is 0 Å². The minimum atomic E-state index is 0. The second-order valence-electron chi connectivity index (χ2n) is 3.57. The fourth-order valence-corrected chi connectivity index (χ4v) is 1.55. The van der Waals surface area contributed by atoms with Gasteiger partial charge in [-0.05, 0) is 5.56 Å². The third kappa shape index (κ3) is 3.20. The van der Waals surface area contributed by atoms with Crippen molar-refractivity contribution in [2.24, 2.45) is 7.05 Å². The average molecular weight is 283 g/mol. The molecule has 0 atom stereocenters. The van der Waals surface area contributed by atoms with Gasteiger partial charge in [0.15, 0.2) is 0 Å². The highest BCUT2D eigenvalue weighted by Crippen LogP contribution is 2.03. The maximum Gasteiger partial charge on any atom is 0.253 e. The highest BCUT2D eigenvalue weighted by molar-refractivity contribution is 5.15. The highest BCUT2D eigenvalue weighted by atomic mass is 79.9. The summed E-state index contributed by atoms with van der Waals surface area (Å²) in [4.78, 5) is 0. The first-order valence-electron chi connectivity index (χ1n) is 4.82. The Labute approximate surface area is 108 Å². The van der Waals surface area contributed by atoms with Crippen molar-refractivity contribution in [3.8, 4) is 0 Å². The van der Waals surface area contributed by atoms with Crippen molar-refractivity contribution >= 4 is 0 Å². The topological polar surface area (TPSA) is 8.81 Å². The van der Waals surface area contributed by atoms with E-state index in [0.29, 0.717) is 0 Å². The molecule has 0 amide bonds. The van der Waals surface area contributed by atoms with Crippen LogP contribution in [0.4, 0.5) is 0 Å². The molecule has 88 valence electrons. The molecule has 1 aromatic heterocycles. The summed E-state index contributed by atoms with van der Waals surface area (Å²) in [5.74, 6) is 1.27. The Kier molecular flexibility index (Phi) is 6.04. The van der Waals surface area contributed by atoms with E-state index in [0.717, 1.165) is 6.54 Å². The van der Waals surface area contributed by atoms with Crippen LogP contribution in [0.25, 0.3) is 0 Å². The molecule has 0 aliphatic carbocycles. The minimum Gasteiger partial charge on any atom is -1.00 e. The molecule has 0 spiro atoms. The molecule has 0 saturated heterocycles. The van der Waals surface area contributed by atoms with Gasteiger partial charge < -0.3 is 17.0 Å². The molecule has 0 fully saturated rings. The lowest BCUT2D eigenvalue weighted by atomic mass is 10.2. The molecule has 16 heavy (non-hydrogen) atoms. The van der Waals surface area contributed by atoms with Gasteiger partial charge in [-0.25, -0.2) is 9.13 Å². The average Bonchev–Trinajstić information content (AvgIpc) is 2.52. The summed E-state index contributed by atoms with van der Waals surface area (Å²) in [5, 5.41) is 0. The van der Waals surface area contributed by atoms with Crippen LogP contribution in [0.1, 0.15) is 18.8 Å². The molecule has 2 nitrogen and oxygen atoms in total. The fraction of sp³-hybridized carbons (Fsp3) is 0.308. The van der Waals surface area contributed by atoms with Gasteiger partial charge in [-0.1, -0.05) is 37.8 Å². The van der Waals surface area contributed by atoms with Crippen LogP contribution < -0.4 is 21.5 Å². The number of halogens is 1. The predicted octanol–water partition coefficient (Wildman–Crippen LogP) is -0.691. The van der Waals surface area contributed by atoms with Crippen LogP contribution in [0.2, 0.25) is 0 Å². The lowest BCUT2D eigenvalue weighted by Crippen LogP contribution is -3.00. The molecular weight excluding hydrogens is 264 g/mol. The zero-order valence-corrected chi connectivity index (χ0v) is 10.6. The molecular formula is C13H19BrN2. The Balaban J connectivity index is 0.00000112. The van der Waals surface area contributed by atoms with Crippen molar-refractivity contribution in [1.29, 1.82) is 0 Å². The first kappa shape index (κ1) is 14.9. The standard InChI is InChI=1S/C12H15N2.CH4.BrH/c1-11-13(2)8-9-14(11)10-12-6-4-3-5-7-12;;/h3-9H,10H2,1-2H3;1H4;1H/q+1;;/p-1. The molecule has 3 heteroatoms. The Morgan fingerprint density at radius 1 is 1.19 bits per heavy atom. The second-order valence-corrected chi connectivity index (χ2v) is 3.57. The summed E-state index contributed by atoms with van der Waals surface area (Å²) in [6.45, 7) is 3.08. The van der Waals surface area contributed by atoms with Crippen LogP contribution in [0.3, 0.4) is 0 Å². The van der Waals surface area contributed by atoms with Crippen molar-refractivity contribution in [1.82, 2.24) is 4.57 Å². The summed E-state index contributed by atoms with van der Waals surface area (Å²) in [5.41, 5.74) is 1.34. The van der Waals surface area contributed by atoms with E-state index in [4.69, 9.17) is 0 Å². The van der Waals surface area contributed by atoms with Gasteiger partial charge in [-0.3, -0.25) is 0 Å². The van der Waals surface area contributed by atoms with Gasteiger partial charge in [0.1, 0.15) is 18.9 Å². The van der Waals surface area contributed by atoms with Gasteiger partial charge in [0.25, 0.3) is 5.82 Å². The van der Waals surface area contributed by atoms with Gasteiger partial charge in [-0.15, -0.1) is 0 Å². The molecule has 1 aromatic carbocycles. The molecule has 1 heterocycles. The van der Waals surface area contributed by atoms with E-state index < -0.39 is 0 Å². The van der Waals surface area contributed by atoms with Crippen molar-refractivity contribution in [2.75, 3.05) is 0 Å². The van der Waals surface area contributed by atoms with Crippen LogP contribution in [0, 0.1) is 6.92 Å². The molecule has 0 aliphatic heterocycles. The molecule has 0 radical (unpaired) electrons. The van der Waals surface area contributed by atoms with E-state index in [1.54, 1.807) is 0 Å². The number of rotatable bonds is 2. The van der Waals surface area contributed by atoms with Gasteiger partial charge in [0.2, 0.25) is 0 Å². The molecule has 0 N–H and O–H groups in total. The lowest BCUT2D eigenvalue weighted by Gasteiger charge is -1.98. The number of aryl methyl sites for hydroxylation is 1. The normalized spacial score (nSPS) is 9.12. The van der Waals surface area contributed by atoms with Crippen LogP contribution in [0.15, 0.2) is 42.7 Å². The van der Waals surface area contributed by atoms with E-state index in [9.17, 15) is 0 Å². The molecule has 2 rings (SSSR count). The van der Waals surface area contributed by atoms with E-state index in [2.05, 4.69) is 59.8 Å². The molecule has 0 unspecified atom stereocenters. The molecule has 0 bridgehead atoms. The number of benzene rings is 1. The van der Waals surface area contributed by atoms with Gasteiger partial charge in [0.05, 0.1) is 7.05 Å². The van der Waals surface area contributed by atoms with Crippen molar-refractivity contribution in [3.63, 3.8) is 0 Å². The third-order valence-electron chi connectivity index (χ3n) is 2.59. The van der Waals surface area contributed by atoms with Crippen LogP contribution in [0.5, 0.6) is 0 Å². The number of hydrogen-bond donors (Lipinski definition) is 0. The van der Waals surface area contributed by atoms with Crippen LogP contribution in [-0.2, 0) is 13.6 Å². The Bertz CT molecular complexity index is 421. The number of aromatic nitrogens is 2. The van der Waals surface area contributed by atoms with Crippen molar-refractivity contribution in [2.45, 2.75) is 20.9 Å². The molecule has 0 saturated carbocycles. The van der Waals surface area contributed by atoms with E-state index in [1.165, 1.54) is 11.4 Å². The van der Waals surface area contributed by atoms with E-state index >= 15 is 0 Å². The first-order valence-corrected chi connectivity index (χ1v) is 4.82. The van der Waals surface area contributed by atoms with E-state index in [1.807, 2.05) is 6.07 Å². The lowest BCUT2D eigenvalue weighted by molar-refractivity contribution is -0.677. The summed E-state index contributed by atoms with van der Waals surface area (Å²) in [6.07, 6.45) is 4.20. The zero-order valence-electron chi connectivity index (χ0n) is 9.02. The molecule has 2 aromatic rings. The van der Waals surface area contributed by atoms with Gasteiger partial charge in [-0.2, -0.15) is 0 Å². The van der Waals surface area contributed by atoms with Crippen molar-refractivity contribution in [3.05, 3.63) is 54.1 Å². The maximum atomic E-state index is 2.25. The Morgan fingerprint density at radius 3 is 2.31 bits per heavy atom. The summed E-state index contributed by atoms with van der Waals surface area (Å²) < 4.78 is 4.37. The largest absolute Gasteiger partial charge is 1.00 e. The van der Waals surface area contributed by atoms with Gasteiger partial charge >= 0.3 is 0 Å². The Morgan fingerprint density at radius 2 is 1.81 bits per heavy atom. The fourth-order valence-electron chi connectivity index (χ4n) is 1.55. The smallest absolute Gasteiger partial charge is 0.253 e. The number of imidazole rings is 1. The maximum absolute atomic E-state index is 2.25. The number of hydrogen-bond acceptors (Lipinski definition) is 0. The van der Waals surface area contributed by atoms with Crippen molar-refractivity contribution < 1.29 is 21.5 Å². The number of nitrogens with zero attached hydrogens (tertiary/aromatic N) is 2. The monoisotopic (exact) mass is 282 g/mol. The molecule has 0 aliphatic rings. The minimum absolute atomic E-state index is 0. The second kappa shape index (κ2) is 6.48. The quantitative estimate of drug-likeness (QED) is 0.645. The van der Waals surface area contributed by atoms with Gasteiger partial charge in [0, 0.05) is 6.92 Å². The third-order valence-corrected chi connectivity index (χ3v) is 2.59. The first-order chi connectivity index (χ1) is 6.77. The SMILES string of the molecule is C.Cc1n(Cc2ccccc2)cc[n+]1C.[Br-]. The predicted molar refractivity (Wildman–Crippen MR) is 62.6 cm³/mol. The van der Waals surface area contributed by atoms with E-state index in [-0.39, 0.29) is 24.4 Å². The van der Waals surface area contributed by atoms with Crippen LogP contribution in [-0.4, -0.2) is 4.57 Å². The Hall–Kier alpha value is -1.09. The highest BCUT2D eigenvalue weighted by Gasteiger charge is 2.08.